The molecule has 2 rings (SSSR count). The van der Waals surface area contributed by atoms with Crippen LogP contribution in [0.4, 0.5) is 20.2 Å². The monoisotopic (exact) mass is 309 g/mol. The van der Waals surface area contributed by atoms with E-state index in [0.29, 0.717) is 0 Å². The normalized spacial score (nSPS) is 10.9. The van der Waals surface area contributed by atoms with Gasteiger partial charge in [0.2, 0.25) is 0 Å². The molecule has 0 radical (unpaired) electrons. The quantitative estimate of drug-likeness (QED) is 0.850. The van der Waals surface area contributed by atoms with Crippen LogP contribution in [0, 0.1) is 23.0 Å². The van der Waals surface area contributed by atoms with Gasteiger partial charge in [0.15, 0.2) is 0 Å². The molecule has 0 aromatic heterocycles. The second-order valence-electron chi connectivity index (χ2n) is 4.09. The van der Waals surface area contributed by atoms with Crippen molar-refractivity contribution in [2.75, 3.05) is 10.5 Å². The molecule has 0 saturated carbocycles. The highest BCUT2D eigenvalue weighted by atomic mass is 32.2. The van der Waals surface area contributed by atoms with E-state index >= 15 is 0 Å². The van der Waals surface area contributed by atoms with Crippen LogP contribution in [0.15, 0.2) is 41.3 Å². The van der Waals surface area contributed by atoms with Gasteiger partial charge in [-0.3, -0.25) is 4.72 Å². The summed E-state index contributed by atoms with van der Waals surface area (Å²) in [6.07, 6.45) is 0. The second kappa shape index (κ2) is 5.38. The number of nitriles is 1. The van der Waals surface area contributed by atoms with Gasteiger partial charge in [0.1, 0.15) is 16.5 Å². The third-order valence-corrected chi connectivity index (χ3v) is 4.04. The minimum atomic E-state index is -4.17. The Bertz CT molecular complexity index is 845. The van der Waals surface area contributed by atoms with Crippen molar-refractivity contribution in [3.8, 4) is 6.07 Å². The number of sulfonamides is 1. The Morgan fingerprint density at radius 1 is 1.14 bits per heavy atom. The molecule has 0 aliphatic rings. The largest absolute Gasteiger partial charge is 0.398 e. The first-order valence-corrected chi connectivity index (χ1v) is 7.09. The molecule has 0 saturated heterocycles. The van der Waals surface area contributed by atoms with E-state index in [1.165, 1.54) is 6.07 Å². The number of benzene rings is 2. The predicted molar refractivity (Wildman–Crippen MR) is 72.7 cm³/mol. The predicted octanol–water partition coefficient (Wildman–Crippen LogP) is 2.22. The molecule has 0 heterocycles. The molecule has 3 N–H and O–H groups in total. The molecule has 108 valence electrons. The highest BCUT2D eigenvalue weighted by Gasteiger charge is 2.19. The molecule has 0 aliphatic carbocycles. The zero-order valence-electron chi connectivity index (χ0n) is 10.5. The molecule has 2 aromatic rings. The zero-order valence-corrected chi connectivity index (χ0v) is 11.3. The molecule has 8 heteroatoms. The number of halogens is 2. The Morgan fingerprint density at radius 3 is 2.43 bits per heavy atom. The zero-order chi connectivity index (χ0) is 15.6. The van der Waals surface area contributed by atoms with E-state index in [9.17, 15) is 17.2 Å². The van der Waals surface area contributed by atoms with E-state index in [2.05, 4.69) is 0 Å². The lowest BCUT2D eigenvalue weighted by molar-refractivity contribution is 0.597. The third-order valence-electron chi connectivity index (χ3n) is 2.60. The molecule has 5 nitrogen and oxygen atoms in total. The number of nitrogens with two attached hydrogens (primary N) is 1. The number of rotatable bonds is 3. The number of hydrogen-bond donors (Lipinski definition) is 2. The van der Waals surface area contributed by atoms with Crippen LogP contribution in [-0.2, 0) is 10.0 Å². The minimum absolute atomic E-state index is 0.0525. The van der Waals surface area contributed by atoms with Crippen molar-refractivity contribution in [1.82, 2.24) is 0 Å². The summed E-state index contributed by atoms with van der Waals surface area (Å²) >= 11 is 0. The van der Waals surface area contributed by atoms with Crippen molar-refractivity contribution < 1.29 is 17.2 Å². The van der Waals surface area contributed by atoms with E-state index in [0.717, 1.165) is 30.3 Å². The van der Waals surface area contributed by atoms with E-state index in [4.69, 9.17) is 11.0 Å². The third kappa shape index (κ3) is 3.09. The summed E-state index contributed by atoms with van der Waals surface area (Å²) in [6, 6.07) is 7.76. The van der Waals surface area contributed by atoms with Crippen molar-refractivity contribution in [3.63, 3.8) is 0 Å². The van der Waals surface area contributed by atoms with Crippen LogP contribution in [0.1, 0.15) is 5.56 Å². The van der Waals surface area contributed by atoms with Crippen LogP contribution in [-0.4, -0.2) is 8.42 Å². The van der Waals surface area contributed by atoms with Crippen molar-refractivity contribution in [2.24, 2.45) is 0 Å². The van der Waals surface area contributed by atoms with Gasteiger partial charge in [0.05, 0.1) is 23.0 Å². The van der Waals surface area contributed by atoms with Gasteiger partial charge < -0.3 is 5.73 Å². The van der Waals surface area contributed by atoms with E-state index in [1.807, 2.05) is 4.72 Å². The van der Waals surface area contributed by atoms with Gasteiger partial charge in [-0.05, 0) is 36.4 Å². The van der Waals surface area contributed by atoms with Gasteiger partial charge in [-0.2, -0.15) is 5.26 Å². The Morgan fingerprint density at radius 2 is 1.86 bits per heavy atom. The van der Waals surface area contributed by atoms with E-state index in [-0.39, 0.29) is 21.8 Å². The van der Waals surface area contributed by atoms with Crippen LogP contribution in [0.2, 0.25) is 0 Å². The van der Waals surface area contributed by atoms with Crippen LogP contribution in [0.5, 0.6) is 0 Å². The first-order valence-electron chi connectivity index (χ1n) is 5.61. The van der Waals surface area contributed by atoms with Crippen molar-refractivity contribution >= 4 is 21.4 Å². The maximum atomic E-state index is 13.7. The Labute approximate surface area is 119 Å². The average Bonchev–Trinajstić information content (AvgIpc) is 2.40. The molecule has 0 fully saturated rings. The van der Waals surface area contributed by atoms with Gasteiger partial charge >= 0.3 is 0 Å². The minimum Gasteiger partial charge on any atom is -0.398 e. The van der Waals surface area contributed by atoms with E-state index < -0.39 is 21.7 Å². The number of nitrogens with zero attached hydrogens (tertiary/aromatic N) is 1. The number of nitrogens with one attached hydrogen (secondary N) is 1. The summed E-state index contributed by atoms with van der Waals surface area (Å²) in [6.45, 7) is 0. The Balaban J connectivity index is 2.40. The van der Waals surface area contributed by atoms with Crippen LogP contribution >= 0.6 is 0 Å². The summed E-state index contributed by atoms with van der Waals surface area (Å²) in [5.74, 6) is -1.59. The van der Waals surface area contributed by atoms with E-state index in [1.54, 1.807) is 6.07 Å². The molecule has 0 spiro atoms. The molecule has 0 aliphatic heterocycles. The summed E-state index contributed by atoms with van der Waals surface area (Å²) in [7, 11) is -4.17. The molecular formula is C13H9F2N3O2S. The first-order chi connectivity index (χ1) is 9.83. The lowest BCUT2D eigenvalue weighted by Crippen LogP contribution is -2.15. The van der Waals surface area contributed by atoms with Crippen molar-refractivity contribution in [1.29, 1.82) is 5.26 Å². The fraction of sp³-hybridized carbons (Fsp3) is 0. The molecule has 0 bridgehead atoms. The lowest BCUT2D eigenvalue weighted by Gasteiger charge is -2.11. The molecule has 0 amide bonds. The fourth-order valence-electron chi connectivity index (χ4n) is 1.63. The maximum absolute atomic E-state index is 13.7. The summed E-state index contributed by atoms with van der Waals surface area (Å²) in [5.41, 5.74) is 4.87. The smallest absolute Gasteiger partial charge is 0.264 e. The van der Waals surface area contributed by atoms with Crippen LogP contribution < -0.4 is 10.5 Å². The van der Waals surface area contributed by atoms with Gasteiger partial charge in [-0.15, -0.1) is 0 Å². The molecule has 0 atom stereocenters. The molecular weight excluding hydrogens is 300 g/mol. The number of nitrogen functional groups attached to an aromatic ring is 1. The second-order valence-corrected chi connectivity index (χ2v) is 5.74. The standard InChI is InChI=1S/C13H9F2N3O2S/c14-9-2-4-13(11(17)6-9)21(19,20)18-12-3-1-8(7-16)5-10(12)15/h1-6,18H,17H2. The topological polar surface area (TPSA) is 96.0 Å². The van der Waals surface area contributed by atoms with Gasteiger partial charge in [-0.25, -0.2) is 17.2 Å². The van der Waals surface area contributed by atoms with Crippen LogP contribution in [0.3, 0.4) is 0 Å². The molecule has 21 heavy (non-hydrogen) atoms. The van der Waals surface area contributed by atoms with Gasteiger partial charge in [0, 0.05) is 0 Å². The first kappa shape index (κ1) is 14.7. The van der Waals surface area contributed by atoms with Gasteiger partial charge in [0.25, 0.3) is 10.0 Å². The highest BCUT2D eigenvalue weighted by Crippen LogP contribution is 2.24. The molecule has 2 aromatic carbocycles. The maximum Gasteiger partial charge on any atom is 0.264 e. The highest BCUT2D eigenvalue weighted by molar-refractivity contribution is 7.92. The average molecular weight is 309 g/mol. The fourth-order valence-corrected chi connectivity index (χ4v) is 2.81. The summed E-state index contributed by atoms with van der Waals surface area (Å²) in [4.78, 5) is -0.368. The van der Waals surface area contributed by atoms with Gasteiger partial charge in [-0.1, -0.05) is 0 Å². The van der Waals surface area contributed by atoms with Crippen molar-refractivity contribution in [2.45, 2.75) is 4.90 Å². The number of hydrogen-bond acceptors (Lipinski definition) is 4. The number of anilines is 2. The molecule has 0 unspecified atom stereocenters. The lowest BCUT2D eigenvalue weighted by atomic mass is 10.2. The summed E-state index contributed by atoms with van der Waals surface area (Å²) < 4.78 is 52.8. The van der Waals surface area contributed by atoms with Crippen LogP contribution in [0.25, 0.3) is 0 Å². The Hall–Kier alpha value is -2.66. The summed E-state index contributed by atoms with van der Waals surface area (Å²) in [5, 5.41) is 8.62. The Kier molecular flexibility index (Phi) is 3.78. The SMILES string of the molecule is N#Cc1ccc(NS(=O)(=O)c2ccc(F)cc2N)c(F)c1. The van der Waals surface area contributed by atoms with Crippen molar-refractivity contribution in [3.05, 3.63) is 53.6 Å².